The summed E-state index contributed by atoms with van der Waals surface area (Å²) in [6, 6.07) is 3.98. The number of nitrogens with one attached hydrogen (secondary N) is 1. The van der Waals surface area contributed by atoms with E-state index in [2.05, 4.69) is 5.32 Å². The van der Waals surface area contributed by atoms with Crippen molar-refractivity contribution < 1.29 is 19.4 Å². The Kier molecular flexibility index (Phi) is 4.18. The van der Waals surface area contributed by atoms with E-state index < -0.39 is 17.9 Å². The summed E-state index contributed by atoms with van der Waals surface area (Å²) >= 11 is 2.50. The Hall–Kier alpha value is -1.86. The first-order chi connectivity index (χ1) is 9.11. The SMILES string of the molecule is COc1csc(C(=O)NC(C(=O)O)c2cccs2)c1. The van der Waals surface area contributed by atoms with Crippen LogP contribution in [-0.4, -0.2) is 24.1 Å². The van der Waals surface area contributed by atoms with Gasteiger partial charge in [0.05, 0.1) is 12.0 Å². The first kappa shape index (κ1) is 13.6. The lowest BCUT2D eigenvalue weighted by Gasteiger charge is -2.11. The maximum Gasteiger partial charge on any atom is 0.331 e. The van der Waals surface area contributed by atoms with E-state index in [1.54, 1.807) is 29.0 Å². The van der Waals surface area contributed by atoms with Gasteiger partial charge in [0.1, 0.15) is 5.75 Å². The highest BCUT2D eigenvalue weighted by atomic mass is 32.1. The average molecular weight is 297 g/mol. The van der Waals surface area contributed by atoms with Gasteiger partial charge in [-0.25, -0.2) is 4.79 Å². The molecule has 2 rings (SSSR count). The fraction of sp³-hybridized carbons (Fsp3) is 0.167. The standard InChI is InChI=1S/C12H11NO4S2/c1-17-7-5-9(19-6-7)11(14)13-10(12(15)16)8-3-2-4-18-8/h2-6,10H,1H3,(H,13,14)(H,15,16). The molecule has 0 aliphatic rings. The van der Waals surface area contributed by atoms with Crippen molar-refractivity contribution in [3.8, 4) is 5.75 Å². The second-order valence-electron chi connectivity index (χ2n) is 3.61. The van der Waals surface area contributed by atoms with Crippen LogP contribution in [-0.2, 0) is 4.79 Å². The molecule has 2 aromatic heterocycles. The van der Waals surface area contributed by atoms with Crippen LogP contribution in [0.15, 0.2) is 29.0 Å². The quantitative estimate of drug-likeness (QED) is 0.888. The smallest absolute Gasteiger partial charge is 0.331 e. The number of carboxylic acid groups (broad SMARTS) is 1. The monoisotopic (exact) mass is 297 g/mol. The van der Waals surface area contributed by atoms with Crippen LogP contribution in [0, 0.1) is 0 Å². The number of carboxylic acids is 1. The topological polar surface area (TPSA) is 75.6 Å². The van der Waals surface area contributed by atoms with E-state index in [0.29, 0.717) is 15.5 Å². The molecular weight excluding hydrogens is 286 g/mol. The number of carbonyl (C=O) groups excluding carboxylic acids is 1. The average Bonchev–Trinajstić information content (AvgIpc) is 3.05. The molecule has 0 bridgehead atoms. The molecule has 0 spiro atoms. The maximum absolute atomic E-state index is 12.0. The normalized spacial score (nSPS) is 11.8. The predicted octanol–water partition coefficient (Wildman–Crippen LogP) is 2.37. The van der Waals surface area contributed by atoms with Crippen LogP contribution in [0.5, 0.6) is 5.75 Å². The van der Waals surface area contributed by atoms with Crippen LogP contribution in [0.1, 0.15) is 20.6 Å². The lowest BCUT2D eigenvalue weighted by Crippen LogP contribution is -2.32. The van der Waals surface area contributed by atoms with Crippen LogP contribution in [0.2, 0.25) is 0 Å². The van der Waals surface area contributed by atoms with E-state index in [0.717, 1.165) is 0 Å². The minimum atomic E-state index is -1.08. The second kappa shape index (κ2) is 5.85. The molecular formula is C12H11NO4S2. The van der Waals surface area contributed by atoms with E-state index in [4.69, 9.17) is 9.84 Å². The van der Waals surface area contributed by atoms with Gasteiger partial charge in [0.25, 0.3) is 5.91 Å². The molecule has 0 saturated carbocycles. The summed E-state index contributed by atoms with van der Waals surface area (Å²) in [5.74, 6) is -0.924. The summed E-state index contributed by atoms with van der Waals surface area (Å²) in [4.78, 5) is 24.2. The largest absolute Gasteiger partial charge is 0.496 e. The van der Waals surface area contributed by atoms with Gasteiger partial charge in [-0.2, -0.15) is 0 Å². The molecule has 0 radical (unpaired) electrons. The molecule has 1 unspecified atom stereocenters. The molecule has 1 atom stereocenters. The Morgan fingerprint density at radius 3 is 2.74 bits per heavy atom. The third kappa shape index (κ3) is 3.12. The molecule has 0 saturated heterocycles. The first-order valence-electron chi connectivity index (χ1n) is 5.31. The Bertz CT molecular complexity index is 576. The van der Waals surface area contributed by atoms with Gasteiger partial charge in [0.15, 0.2) is 6.04 Å². The van der Waals surface area contributed by atoms with Crippen molar-refractivity contribution >= 4 is 34.6 Å². The third-order valence-electron chi connectivity index (χ3n) is 2.38. The summed E-state index contributed by atoms with van der Waals surface area (Å²) < 4.78 is 4.99. The van der Waals surface area contributed by atoms with E-state index >= 15 is 0 Å². The molecule has 19 heavy (non-hydrogen) atoms. The summed E-state index contributed by atoms with van der Waals surface area (Å²) in [6.45, 7) is 0. The molecule has 2 N–H and O–H groups in total. The fourth-order valence-corrected chi connectivity index (χ4v) is 2.98. The highest BCUT2D eigenvalue weighted by molar-refractivity contribution is 7.12. The van der Waals surface area contributed by atoms with Gasteiger partial charge in [-0.3, -0.25) is 4.79 Å². The van der Waals surface area contributed by atoms with Crippen LogP contribution in [0.3, 0.4) is 0 Å². The maximum atomic E-state index is 12.0. The number of hydrogen-bond acceptors (Lipinski definition) is 5. The van der Waals surface area contributed by atoms with E-state index in [1.807, 2.05) is 0 Å². The van der Waals surface area contributed by atoms with Crippen LogP contribution in [0.4, 0.5) is 0 Å². The number of thiophene rings is 2. The molecule has 100 valence electrons. The number of hydrogen-bond donors (Lipinski definition) is 2. The van der Waals surface area contributed by atoms with Gasteiger partial charge in [0.2, 0.25) is 0 Å². The lowest BCUT2D eigenvalue weighted by atomic mass is 10.2. The number of rotatable bonds is 5. The fourth-order valence-electron chi connectivity index (χ4n) is 1.46. The zero-order valence-corrected chi connectivity index (χ0v) is 11.6. The molecule has 0 aliphatic heterocycles. The molecule has 1 amide bonds. The Balaban J connectivity index is 2.13. The number of aliphatic carboxylic acids is 1. The van der Waals surface area contributed by atoms with Crippen molar-refractivity contribution in [2.24, 2.45) is 0 Å². The molecule has 0 aromatic carbocycles. The number of amides is 1. The van der Waals surface area contributed by atoms with Gasteiger partial charge < -0.3 is 15.2 Å². The summed E-state index contributed by atoms with van der Waals surface area (Å²) in [5, 5.41) is 15.1. The minimum Gasteiger partial charge on any atom is -0.496 e. The van der Waals surface area contributed by atoms with Gasteiger partial charge in [0, 0.05) is 16.3 Å². The van der Waals surface area contributed by atoms with Gasteiger partial charge in [-0.05, 0) is 11.4 Å². The van der Waals surface area contributed by atoms with Crippen molar-refractivity contribution in [2.45, 2.75) is 6.04 Å². The van der Waals surface area contributed by atoms with E-state index in [9.17, 15) is 9.59 Å². The van der Waals surface area contributed by atoms with Crippen molar-refractivity contribution in [3.05, 3.63) is 38.7 Å². The number of ether oxygens (including phenoxy) is 1. The molecule has 0 fully saturated rings. The van der Waals surface area contributed by atoms with Crippen molar-refractivity contribution in [1.82, 2.24) is 5.32 Å². The third-order valence-corrected chi connectivity index (χ3v) is 4.23. The highest BCUT2D eigenvalue weighted by Gasteiger charge is 2.24. The molecule has 5 nitrogen and oxygen atoms in total. The molecule has 7 heteroatoms. The van der Waals surface area contributed by atoms with E-state index in [1.165, 1.54) is 29.8 Å². The van der Waals surface area contributed by atoms with Crippen molar-refractivity contribution in [1.29, 1.82) is 0 Å². The van der Waals surface area contributed by atoms with Gasteiger partial charge in [-0.15, -0.1) is 22.7 Å². The lowest BCUT2D eigenvalue weighted by molar-refractivity contribution is -0.139. The summed E-state index contributed by atoms with van der Waals surface area (Å²) in [7, 11) is 1.51. The zero-order valence-electron chi connectivity index (χ0n) is 9.95. The van der Waals surface area contributed by atoms with Gasteiger partial charge >= 0.3 is 5.97 Å². The minimum absolute atomic E-state index is 0.416. The number of carbonyl (C=O) groups is 2. The van der Waals surface area contributed by atoms with Crippen molar-refractivity contribution in [2.75, 3.05) is 7.11 Å². The molecule has 2 aromatic rings. The first-order valence-corrected chi connectivity index (χ1v) is 7.07. The zero-order chi connectivity index (χ0) is 13.8. The van der Waals surface area contributed by atoms with Crippen LogP contribution >= 0.6 is 22.7 Å². The second-order valence-corrected chi connectivity index (χ2v) is 5.50. The predicted molar refractivity (Wildman–Crippen MR) is 73.0 cm³/mol. The number of methoxy groups -OCH3 is 1. The highest BCUT2D eigenvalue weighted by Crippen LogP contribution is 2.23. The van der Waals surface area contributed by atoms with Crippen LogP contribution < -0.4 is 10.1 Å². The van der Waals surface area contributed by atoms with E-state index in [-0.39, 0.29) is 0 Å². The van der Waals surface area contributed by atoms with Crippen LogP contribution in [0.25, 0.3) is 0 Å². The summed E-state index contributed by atoms with van der Waals surface area (Å²) in [5.41, 5.74) is 0. The molecule has 0 aliphatic carbocycles. The Labute approximate surface area is 117 Å². The van der Waals surface area contributed by atoms with Crippen molar-refractivity contribution in [3.63, 3.8) is 0 Å². The van der Waals surface area contributed by atoms with Gasteiger partial charge in [-0.1, -0.05) is 6.07 Å². The molecule has 2 heterocycles. The Morgan fingerprint density at radius 2 is 2.21 bits per heavy atom. The summed E-state index contributed by atoms with van der Waals surface area (Å²) in [6.07, 6.45) is 0. The Morgan fingerprint density at radius 1 is 1.42 bits per heavy atom.